The van der Waals surface area contributed by atoms with Crippen LogP contribution < -0.4 is 0 Å². The maximum Gasteiger partial charge on any atom is 2.00 e. The average Bonchev–Trinajstić information content (AvgIpc) is 2.24. The molecule has 0 aliphatic carbocycles. The number of piperidine rings is 2. The minimum atomic E-state index is 0. The Morgan fingerprint density at radius 3 is 0.846 bits per heavy atom. The molecular weight excluding hydrogens is 349 g/mol. The first-order valence-corrected chi connectivity index (χ1v) is 5.26. The Bertz CT molecular complexity index is 55.9. The summed E-state index contributed by atoms with van der Waals surface area (Å²) < 4.78 is 0. The average molecular weight is 369 g/mol. The van der Waals surface area contributed by atoms with Gasteiger partial charge >= 0.3 is 27.7 Å². The van der Waals surface area contributed by atoms with Crippen LogP contribution in [-0.2, 0) is 27.7 Å². The van der Waals surface area contributed by atoms with Gasteiger partial charge in [0.25, 0.3) is 0 Å². The summed E-state index contributed by atoms with van der Waals surface area (Å²) in [5.41, 5.74) is 0. The first-order valence-electron chi connectivity index (χ1n) is 5.26. The van der Waals surface area contributed by atoms with Gasteiger partial charge in [-0.2, -0.15) is 0 Å². The number of hydrogen-bond acceptors (Lipinski definition) is 0. The Balaban J connectivity index is 0.000000206. The van der Waals surface area contributed by atoms with Gasteiger partial charge in [-0.1, -0.05) is 38.5 Å². The molecule has 0 aromatic rings. The first kappa shape index (κ1) is 13.9. The van der Waals surface area contributed by atoms with E-state index < -0.39 is 0 Å². The Labute approximate surface area is 103 Å². The normalized spacial score (nSPS) is 22.2. The molecule has 0 radical (unpaired) electrons. The fourth-order valence-corrected chi connectivity index (χ4v) is 1.47. The predicted octanol–water partition coefficient (Wildman–Crippen LogP) is 3.09. The van der Waals surface area contributed by atoms with Crippen molar-refractivity contribution in [1.29, 1.82) is 0 Å². The molecule has 2 fully saturated rings. The Morgan fingerprint density at radius 1 is 0.462 bits per heavy atom. The summed E-state index contributed by atoms with van der Waals surface area (Å²) in [6.07, 6.45) is 8.15. The van der Waals surface area contributed by atoms with Crippen LogP contribution in [0.3, 0.4) is 0 Å². The van der Waals surface area contributed by atoms with Gasteiger partial charge in [-0.25, -0.2) is 0 Å². The second-order valence-electron chi connectivity index (χ2n) is 3.46. The van der Waals surface area contributed by atoms with Crippen molar-refractivity contribution in [3.8, 4) is 0 Å². The summed E-state index contributed by atoms with van der Waals surface area (Å²) in [7, 11) is 0. The molecule has 0 saturated carbocycles. The molecule has 2 nitrogen and oxygen atoms in total. The van der Waals surface area contributed by atoms with Crippen LogP contribution in [0.15, 0.2) is 0 Å². The molecule has 0 N–H and O–H groups in total. The van der Waals surface area contributed by atoms with Crippen molar-refractivity contribution < 1.29 is 27.7 Å². The molecule has 2 aliphatic heterocycles. The van der Waals surface area contributed by atoms with Crippen molar-refractivity contribution in [2.75, 3.05) is 26.2 Å². The summed E-state index contributed by atoms with van der Waals surface area (Å²) in [4.78, 5) is 0. The topological polar surface area (TPSA) is 28.2 Å². The molecule has 0 aromatic carbocycles. The van der Waals surface area contributed by atoms with E-state index in [4.69, 9.17) is 0 Å². The van der Waals surface area contributed by atoms with Crippen LogP contribution in [0.5, 0.6) is 0 Å². The van der Waals surface area contributed by atoms with Crippen molar-refractivity contribution >= 4 is 0 Å². The van der Waals surface area contributed by atoms with Crippen LogP contribution in [0.4, 0.5) is 0 Å². The van der Waals surface area contributed by atoms with Gasteiger partial charge in [-0.15, -0.1) is 26.2 Å². The Hall–Kier alpha value is 0.855. The monoisotopic (exact) mass is 370 g/mol. The molecule has 0 aromatic heterocycles. The summed E-state index contributed by atoms with van der Waals surface area (Å²) >= 11 is 0. The van der Waals surface area contributed by atoms with Crippen LogP contribution >= 0.6 is 0 Å². The van der Waals surface area contributed by atoms with E-state index >= 15 is 0 Å². The summed E-state index contributed by atoms with van der Waals surface area (Å²) in [5, 5.41) is 8.35. The largest absolute Gasteiger partial charge is 2.00 e. The molecule has 2 aliphatic rings. The fraction of sp³-hybridized carbons (Fsp3) is 1.00. The minimum absolute atomic E-state index is 0. The summed E-state index contributed by atoms with van der Waals surface area (Å²) in [6.45, 7) is 4.50. The van der Waals surface area contributed by atoms with E-state index in [0.717, 1.165) is 26.2 Å². The van der Waals surface area contributed by atoms with Gasteiger partial charge in [-0.3, -0.25) is 0 Å². The number of rotatable bonds is 0. The van der Waals surface area contributed by atoms with Gasteiger partial charge in [0.15, 0.2) is 0 Å². The molecule has 3 heteroatoms. The van der Waals surface area contributed by atoms with Gasteiger partial charge < -0.3 is 10.6 Å². The zero-order chi connectivity index (χ0) is 8.49. The van der Waals surface area contributed by atoms with Gasteiger partial charge in [0.1, 0.15) is 0 Å². The van der Waals surface area contributed by atoms with E-state index in [9.17, 15) is 0 Å². The van der Waals surface area contributed by atoms with Crippen molar-refractivity contribution in [3.05, 3.63) is 10.6 Å². The number of hydrogen-bond donors (Lipinski definition) is 0. The second-order valence-corrected chi connectivity index (χ2v) is 3.46. The van der Waals surface area contributed by atoms with Gasteiger partial charge in [0.2, 0.25) is 0 Å². The zero-order valence-corrected chi connectivity index (χ0v) is 14.2. The molecule has 72 valence electrons. The first-order chi connectivity index (χ1) is 6.00. The van der Waals surface area contributed by atoms with Crippen LogP contribution in [-0.4, -0.2) is 26.2 Å². The van der Waals surface area contributed by atoms with Crippen LogP contribution in [0.2, 0.25) is 0 Å². The van der Waals surface area contributed by atoms with Gasteiger partial charge in [-0.05, 0) is 0 Å². The molecule has 2 heterocycles. The van der Waals surface area contributed by atoms with Crippen LogP contribution in [0, 0.1) is 0 Å². The molecular formula is C10H20HgN2. The van der Waals surface area contributed by atoms with E-state index in [1.807, 2.05) is 0 Å². The standard InChI is InChI=1S/2C5H10N.Hg/c2*1-2-4-6-5-3-1;/h2*1-5H2;/q2*-1;+2. The third-order valence-electron chi connectivity index (χ3n) is 2.26. The van der Waals surface area contributed by atoms with Crippen molar-refractivity contribution in [2.45, 2.75) is 38.5 Å². The Morgan fingerprint density at radius 2 is 0.769 bits per heavy atom. The second kappa shape index (κ2) is 10.9. The number of nitrogens with zero attached hydrogens (tertiary/aromatic N) is 2. The molecule has 0 spiro atoms. The Kier molecular flexibility index (Phi) is 11.7. The van der Waals surface area contributed by atoms with Crippen molar-refractivity contribution in [1.82, 2.24) is 0 Å². The fourth-order valence-electron chi connectivity index (χ4n) is 1.47. The SMILES string of the molecule is C1CC[N-]CC1.C1CC[N-]CC1.[Hg+2]. The van der Waals surface area contributed by atoms with Crippen molar-refractivity contribution in [3.63, 3.8) is 0 Å². The minimum Gasteiger partial charge on any atom is -0.662 e. The molecule has 13 heavy (non-hydrogen) atoms. The van der Waals surface area contributed by atoms with Crippen molar-refractivity contribution in [2.24, 2.45) is 0 Å². The molecule has 0 atom stereocenters. The van der Waals surface area contributed by atoms with E-state index in [0.29, 0.717) is 0 Å². The predicted molar refractivity (Wildman–Crippen MR) is 53.9 cm³/mol. The van der Waals surface area contributed by atoms with E-state index in [2.05, 4.69) is 10.6 Å². The molecule has 0 bridgehead atoms. The third kappa shape index (κ3) is 9.17. The maximum absolute atomic E-state index is 4.18. The maximum atomic E-state index is 4.18. The quantitative estimate of drug-likeness (QED) is 0.588. The molecule has 0 amide bonds. The van der Waals surface area contributed by atoms with Gasteiger partial charge in [0.05, 0.1) is 0 Å². The summed E-state index contributed by atoms with van der Waals surface area (Å²) in [6, 6.07) is 0. The molecule has 0 unspecified atom stereocenters. The van der Waals surface area contributed by atoms with E-state index in [1.54, 1.807) is 0 Å². The third-order valence-corrected chi connectivity index (χ3v) is 2.26. The van der Waals surface area contributed by atoms with E-state index in [1.165, 1.54) is 38.5 Å². The van der Waals surface area contributed by atoms with Crippen LogP contribution in [0.25, 0.3) is 10.6 Å². The van der Waals surface area contributed by atoms with E-state index in [-0.39, 0.29) is 27.7 Å². The summed E-state index contributed by atoms with van der Waals surface area (Å²) in [5.74, 6) is 0. The van der Waals surface area contributed by atoms with Gasteiger partial charge in [0, 0.05) is 0 Å². The molecule has 2 rings (SSSR count). The zero-order valence-electron chi connectivity index (χ0n) is 8.67. The van der Waals surface area contributed by atoms with Crippen LogP contribution in [0.1, 0.15) is 38.5 Å². The molecule has 2 saturated heterocycles. The smallest absolute Gasteiger partial charge is 0.662 e.